The summed E-state index contributed by atoms with van der Waals surface area (Å²) in [5.41, 5.74) is 6.78. The van der Waals surface area contributed by atoms with E-state index in [1.807, 2.05) is 0 Å². The average Bonchev–Trinajstić information content (AvgIpc) is 2.45. The Morgan fingerprint density at radius 1 is 1.24 bits per heavy atom. The fourth-order valence-electron chi connectivity index (χ4n) is 1.87. The highest BCUT2D eigenvalue weighted by Crippen LogP contribution is 2.22. The predicted molar refractivity (Wildman–Crippen MR) is 78.7 cm³/mol. The number of hydrogen-bond acceptors (Lipinski definition) is 2. The molecule has 0 fully saturated rings. The van der Waals surface area contributed by atoms with Crippen LogP contribution < -0.4 is 11.1 Å². The lowest BCUT2D eigenvalue weighted by molar-refractivity contribution is 0.100. The third-order valence-corrected chi connectivity index (χ3v) is 3.25. The Morgan fingerprint density at radius 3 is 2.62 bits per heavy atom. The van der Waals surface area contributed by atoms with Crippen LogP contribution in [0.25, 0.3) is 0 Å². The molecule has 0 spiro atoms. The molecule has 0 aliphatic heterocycles. The van der Waals surface area contributed by atoms with Gasteiger partial charge in [0.1, 0.15) is 0 Å². The lowest BCUT2D eigenvalue weighted by Crippen LogP contribution is -2.11. The van der Waals surface area contributed by atoms with Gasteiger partial charge >= 0.3 is 0 Å². The van der Waals surface area contributed by atoms with Crippen LogP contribution in [0.15, 0.2) is 42.5 Å². The fraction of sp³-hybridized carbons (Fsp3) is 0.133. The maximum atomic E-state index is 12.6. The van der Waals surface area contributed by atoms with Crippen LogP contribution in [0.5, 0.6) is 0 Å². The maximum absolute atomic E-state index is 12.6. The number of benzene rings is 2. The van der Waals surface area contributed by atoms with Gasteiger partial charge in [-0.3, -0.25) is 4.79 Å². The largest absolute Gasteiger partial charge is 0.381 e. The van der Waals surface area contributed by atoms with E-state index in [0.29, 0.717) is 12.2 Å². The van der Waals surface area contributed by atoms with Gasteiger partial charge in [-0.25, -0.2) is 8.78 Å². The zero-order valence-electron chi connectivity index (χ0n) is 10.9. The summed E-state index contributed by atoms with van der Waals surface area (Å²) >= 11 is 5.93. The second-order valence-corrected chi connectivity index (χ2v) is 4.87. The number of rotatable bonds is 5. The number of halogens is 3. The molecule has 2 rings (SSSR count). The van der Waals surface area contributed by atoms with Crippen LogP contribution in [0, 0.1) is 0 Å². The van der Waals surface area contributed by atoms with Gasteiger partial charge in [-0.05, 0) is 29.8 Å². The van der Waals surface area contributed by atoms with Crippen molar-refractivity contribution in [2.75, 3.05) is 5.32 Å². The van der Waals surface area contributed by atoms with E-state index in [1.165, 1.54) is 18.2 Å². The average molecular weight is 311 g/mol. The summed E-state index contributed by atoms with van der Waals surface area (Å²) in [6.45, 7) is 0.368. The van der Waals surface area contributed by atoms with Crippen molar-refractivity contribution in [2.45, 2.75) is 13.0 Å². The topological polar surface area (TPSA) is 55.1 Å². The summed E-state index contributed by atoms with van der Waals surface area (Å²) < 4.78 is 25.2. The minimum atomic E-state index is -2.49. The lowest BCUT2D eigenvalue weighted by Gasteiger charge is -2.09. The standard InChI is InChI=1S/C15H13ClF2N2O/c16-13-7-11(4-5-12(13)15(19)21)20-8-9-2-1-3-10(6-9)14(17)18/h1-7,14,20H,8H2,(H2,19,21). The van der Waals surface area contributed by atoms with Crippen LogP contribution in [-0.2, 0) is 6.54 Å². The van der Waals surface area contributed by atoms with Gasteiger partial charge in [0.05, 0.1) is 10.6 Å². The number of carbonyl (C=O) groups excluding carboxylic acids is 1. The number of anilines is 1. The van der Waals surface area contributed by atoms with Crippen molar-refractivity contribution in [2.24, 2.45) is 5.73 Å². The zero-order chi connectivity index (χ0) is 15.4. The van der Waals surface area contributed by atoms with Crippen LogP contribution in [0.4, 0.5) is 14.5 Å². The highest BCUT2D eigenvalue weighted by atomic mass is 35.5. The first-order valence-electron chi connectivity index (χ1n) is 6.17. The van der Waals surface area contributed by atoms with Crippen molar-refractivity contribution >= 4 is 23.2 Å². The van der Waals surface area contributed by atoms with Crippen LogP contribution >= 0.6 is 11.6 Å². The highest BCUT2D eigenvalue weighted by molar-refractivity contribution is 6.34. The number of alkyl halides is 2. The molecule has 3 N–H and O–H groups in total. The predicted octanol–water partition coefficient (Wildman–Crippen LogP) is 3.99. The monoisotopic (exact) mass is 310 g/mol. The molecule has 0 aliphatic rings. The van der Waals surface area contributed by atoms with E-state index in [2.05, 4.69) is 5.32 Å². The second-order valence-electron chi connectivity index (χ2n) is 4.46. The van der Waals surface area contributed by atoms with Gasteiger partial charge in [-0.2, -0.15) is 0 Å². The first-order valence-corrected chi connectivity index (χ1v) is 6.55. The summed E-state index contributed by atoms with van der Waals surface area (Å²) in [6.07, 6.45) is -2.49. The summed E-state index contributed by atoms with van der Waals surface area (Å²) in [5.74, 6) is -0.601. The Balaban J connectivity index is 2.08. The SMILES string of the molecule is NC(=O)c1ccc(NCc2cccc(C(F)F)c2)cc1Cl. The van der Waals surface area contributed by atoms with Crippen molar-refractivity contribution in [3.63, 3.8) is 0 Å². The number of nitrogens with one attached hydrogen (secondary N) is 1. The molecular formula is C15H13ClF2N2O. The molecule has 0 saturated carbocycles. The Hall–Kier alpha value is -2.14. The zero-order valence-corrected chi connectivity index (χ0v) is 11.7. The molecule has 21 heavy (non-hydrogen) atoms. The van der Waals surface area contributed by atoms with Crippen molar-refractivity contribution in [3.05, 3.63) is 64.2 Å². The molecule has 2 aromatic carbocycles. The molecule has 0 heterocycles. The maximum Gasteiger partial charge on any atom is 0.263 e. The van der Waals surface area contributed by atoms with E-state index in [0.717, 1.165) is 5.56 Å². The van der Waals surface area contributed by atoms with Crippen LogP contribution in [-0.4, -0.2) is 5.91 Å². The van der Waals surface area contributed by atoms with E-state index in [1.54, 1.807) is 24.3 Å². The molecule has 0 atom stereocenters. The van der Waals surface area contributed by atoms with Crippen molar-refractivity contribution < 1.29 is 13.6 Å². The second kappa shape index (κ2) is 6.54. The Kier molecular flexibility index (Phi) is 4.75. The normalized spacial score (nSPS) is 10.7. The summed E-state index contributed by atoms with van der Waals surface area (Å²) in [5, 5.41) is 3.30. The quantitative estimate of drug-likeness (QED) is 0.877. The summed E-state index contributed by atoms with van der Waals surface area (Å²) in [6, 6.07) is 10.9. The molecule has 0 aromatic heterocycles. The number of primary amides is 1. The van der Waals surface area contributed by atoms with Gasteiger partial charge in [0.25, 0.3) is 6.43 Å². The molecule has 0 bridgehead atoms. The van der Waals surface area contributed by atoms with E-state index in [-0.39, 0.29) is 16.1 Å². The molecule has 6 heteroatoms. The molecule has 1 amide bonds. The number of hydrogen-bond donors (Lipinski definition) is 2. The third-order valence-electron chi connectivity index (χ3n) is 2.93. The number of carbonyl (C=O) groups is 1. The fourth-order valence-corrected chi connectivity index (χ4v) is 2.14. The lowest BCUT2D eigenvalue weighted by atomic mass is 10.1. The number of amides is 1. The molecule has 3 nitrogen and oxygen atoms in total. The molecule has 2 aromatic rings. The molecule has 0 saturated heterocycles. The molecule has 110 valence electrons. The summed E-state index contributed by atoms with van der Waals surface area (Å²) in [7, 11) is 0. The van der Waals surface area contributed by atoms with Crippen molar-refractivity contribution in [1.82, 2.24) is 0 Å². The first-order chi connectivity index (χ1) is 9.97. The van der Waals surface area contributed by atoms with Gasteiger partial charge in [0.2, 0.25) is 5.91 Å². The minimum absolute atomic E-state index is 0.0172. The number of nitrogens with two attached hydrogens (primary N) is 1. The van der Waals surface area contributed by atoms with Gasteiger partial charge in [0.15, 0.2) is 0 Å². The minimum Gasteiger partial charge on any atom is -0.381 e. The third kappa shape index (κ3) is 3.92. The van der Waals surface area contributed by atoms with E-state index in [4.69, 9.17) is 17.3 Å². The van der Waals surface area contributed by atoms with Gasteiger partial charge in [0, 0.05) is 17.8 Å². The molecule has 0 unspecified atom stereocenters. The highest BCUT2D eigenvalue weighted by Gasteiger charge is 2.08. The van der Waals surface area contributed by atoms with E-state index < -0.39 is 12.3 Å². The van der Waals surface area contributed by atoms with Gasteiger partial charge < -0.3 is 11.1 Å². The Bertz CT molecular complexity index is 662. The van der Waals surface area contributed by atoms with E-state index in [9.17, 15) is 13.6 Å². The summed E-state index contributed by atoms with van der Waals surface area (Å²) in [4.78, 5) is 11.1. The van der Waals surface area contributed by atoms with Gasteiger partial charge in [-0.1, -0.05) is 29.8 Å². The molecular weight excluding hydrogens is 298 g/mol. The Morgan fingerprint density at radius 2 is 2.00 bits per heavy atom. The van der Waals surface area contributed by atoms with Crippen LogP contribution in [0.3, 0.4) is 0 Å². The molecule has 0 aliphatic carbocycles. The van der Waals surface area contributed by atoms with E-state index >= 15 is 0 Å². The van der Waals surface area contributed by atoms with Crippen molar-refractivity contribution in [3.8, 4) is 0 Å². The Labute approximate surface area is 125 Å². The van der Waals surface area contributed by atoms with Crippen LogP contribution in [0.1, 0.15) is 27.9 Å². The van der Waals surface area contributed by atoms with Crippen molar-refractivity contribution in [1.29, 1.82) is 0 Å². The molecule has 0 radical (unpaired) electrons. The smallest absolute Gasteiger partial charge is 0.263 e. The first kappa shape index (κ1) is 15.3. The van der Waals surface area contributed by atoms with Crippen LogP contribution in [0.2, 0.25) is 5.02 Å². The van der Waals surface area contributed by atoms with Gasteiger partial charge in [-0.15, -0.1) is 0 Å².